The monoisotopic (exact) mass is 396 g/mol. The highest BCUT2D eigenvalue weighted by atomic mass is 35.5. The molecular formula is C22H21ClN2O3. The predicted octanol–water partition coefficient (Wildman–Crippen LogP) is 4.89. The third-order valence-corrected chi connectivity index (χ3v) is 5.47. The summed E-state index contributed by atoms with van der Waals surface area (Å²) in [4.78, 5) is 27.8. The Morgan fingerprint density at radius 2 is 1.64 bits per heavy atom. The molecule has 1 saturated heterocycles. The number of para-hydroxylation sites is 1. The van der Waals surface area contributed by atoms with Crippen molar-refractivity contribution >= 4 is 34.9 Å². The Morgan fingerprint density at radius 1 is 0.964 bits per heavy atom. The molecule has 0 radical (unpaired) electrons. The second kappa shape index (κ2) is 7.68. The van der Waals surface area contributed by atoms with Crippen molar-refractivity contribution in [2.24, 2.45) is 0 Å². The summed E-state index contributed by atoms with van der Waals surface area (Å²) in [6, 6.07) is 16.4. The molecule has 2 fully saturated rings. The first-order valence-electron chi connectivity index (χ1n) is 9.44. The van der Waals surface area contributed by atoms with E-state index in [2.05, 4.69) is 5.32 Å². The minimum atomic E-state index is -0.897. The maximum Gasteiger partial charge on any atom is 0.347 e. The van der Waals surface area contributed by atoms with Gasteiger partial charge in [-0.15, -0.1) is 0 Å². The lowest BCUT2D eigenvalue weighted by Crippen LogP contribution is -2.61. The molecule has 1 aliphatic carbocycles. The van der Waals surface area contributed by atoms with E-state index in [9.17, 15) is 9.59 Å². The van der Waals surface area contributed by atoms with E-state index in [0.717, 1.165) is 30.6 Å². The SMILES string of the molecule is O=C1OC2(CCCCC2)N(c2ccccc2)C(=O)C1=CNc1ccc(Cl)cc1. The van der Waals surface area contributed by atoms with Crippen molar-refractivity contribution in [1.82, 2.24) is 0 Å². The van der Waals surface area contributed by atoms with E-state index in [4.69, 9.17) is 16.3 Å². The van der Waals surface area contributed by atoms with Gasteiger partial charge in [0.05, 0.1) is 0 Å². The number of halogens is 1. The Hall–Kier alpha value is -2.79. The van der Waals surface area contributed by atoms with Crippen molar-refractivity contribution in [2.75, 3.05) is 10.2 Å². The molecule has 0 atom stereocenters. The summed E-state index contributed by atoms with van der Waals surface area (Å²) in [5.41, 5.74) is 0.543. The largest absolute Gasteiger partial charge is 0.435 e. The number of carbonyl (C=O) groups excluding carboxylic acids is 2. The van der Waals surface area contributed by atoms with Crippen LogP contribution in [-0.4, -0.2) is 17.6 Å². The second-order valence-corrected chi connectivity index (χ2v) is 7.52. The van der Waals surface area contributed by atoms with E-state index in [1.165, 1.54) is 6.20 Å². The van der Waals surface area contributed by atoms with Crippen molar-refractivity contribution in [3.05, 3.63) is 71.4 Å². The molecular weight excluding hydrogens is 376 g/mol. The number of hydrogen-bond donors (Lipinski definition) is 1. The lowest BCUT2D eigenvalue weighted by Gasteiger charge is -2.48. The Kier molecular flexibility index (Phi) is 5.09. The lowest BCUT2D eigenvalue weighted by atomic mass is 9.87. The van der Waals surface area contributed by atoms with Crippen molar-refractivity contribution in [3.63, 3.8) is 0 Å². The van der Waals surface area contributed by atoms with E-state index < -0.39 is 11.7 Å². The number of hydrogen-bond acceptors (Lipinski definition) is 4. The maximum absolute atomic E-state index is 13.4. The average Bonchev–Trinajstić information content (AvgIpc) is 2.70. The van der Waals surface area contributed by atoms with Gasteiger partial charge in [0.25, 0.3) is 5.91 Å². The first-order valence-corrected chi connectivity index (χ1v) is 9.82. The fourth-order valence-electron chi connectivity index (χ4n) is 3.85. The Balaban J connectivity index is 1.68. The molecule has 2 aromatic rings. The van der Waals surface area contributed by atoms with Crippen LogP contribution in [0.1, 0.15) is 32.1 Å². The van der Waals surface area contributed by atoms with E-state index in [1.54, 1.807) is 29.2 Å². The third kappa shape index (κ3) is 3.50. The number of amides is 1. The summed E-state index contributed by atoms with van der Waals surface area (Å²) in [5.74, 6) is -0.925. The van der Waals surface area contributed by atoms with Gasteiger partial charge < -0.3 is 10.1 Å². The molecule has 0 unspecified atom stereocenters. The number of benzene rings is 2. The highest BCUT2D eigenvalue weighted by Gasteiger charge is 2.51. The van der Waals surface area contributed by atoms with Crippen molar-refractivity contribution in [2.45, 2.75) is 37.8 Å². The van der Waals surface area contributed by atoms with Crippen LogP contribution in [0.25, 0.3) is 0 Å². The van der Waals surface area contributed by atoms with Crippen LogP contribution < -0.4 is 10.2 Å². The first kappa shape index (κ1) is 18.6. The van der Waals surface area contributed by atoms with Gasteiger partial charge in [0, 0.05) is 35.4 Å². The lowest BCUT2D eigenvalue weighted by molar-refractivity contribution is -0.166. The van der Waals surface area contributed by atoms with Gasteiger partial charge in [-0.2, -0.15) is 0 Å². The van der Waals surface area contributed by atoms with Crippen LogP contribution in [0.2, 0.25) is 5.02 Å². The van der Waals surface area contributed by atoms with Gasteiger partial charge in [0.2, 0.25) is 0 Å². The zero-order valence-electron chi connectivity index (χ0n) is 15.4. The van der Waals surface area contributed by atoms with Crippen molar-refractivity contribution in [1.29, 1.82) is 0 Å². The van der Waals surface area contributed by atoms with Crippen LogP contribution in [0.5, 0.6) is 0 Å². The number of ether oxygens (including phenoxy) is 1. The minimum Gasteiger partial charge on any atom is -0.435 e. The highest BCUT2D eigenvalue weighted by molar-refractivity contribution is 6.30. The van der Waals surface area contributed by atoms with Gasteiger partial charge in [0.15, 0.2) is 5.72 Å². The van der Waals surface area contributed by atoms with Crippen LogP contribution in [0, 0.1) is 0 Å². The van der Waals surface area contributed by atoms with Crippen LogP contribution >= 0.6 is 11.6 Å². The molecule has 4 rings (SSSR count). The third-order valence-electron chi connectivity index (χ3n) is 5.22. The number of nitrogens with zero attached hydrogens (tertiary/aromatic N) is 1. The van der Waals surface area contributed by atoms with Crippen LogP contribution in [-0.2, 0) is 14.3 Å². The molecule has 144 valence electrons. The molecule has 6 heteroatoms. The van der Waals surface area contributed by atoms with Crippen molar-refractivity contribution < 1.29 is 14.3 Å². The smallest absolute Gasteiger partial charge is 0.347 e. The number of esters is 1. The van der Waals surface area contributed by atoms with Gasteiger partial charge in [-0.1, -0.05) is 36.2 Å². The number of rotatable bonds is 3. The van der Waals surface area contributed by atoms with Gasteiger partial charge in [-0.05, 0) is 49.2 Å². The van der Waals surface area contributed by atoms with Crippen molar-refractivity contribution in [3.8, 4) is 0 Å². The fourth-order valence-corrected chi connectivity index (χ4v) is 3.97. The summed E-state index contributed by atoms with van der Waals surface area (Å²) < 4.78 is 5.91. The molecule has 1 aliphatic heterocycles. The molecule has 1 N–H and O–H groups in total. The van der Waals surface area contributed by atoms with Gasteiger partial charge in [0.1, 0.15) is 5.57 Å². The zero-order chi connectivity index (χ0) is 19.6. The van der Waals surface area contributed by atoms with E-state index >= 15 is 0 Å². The molecule has 2 aliphatic rings. The molecule has 1 saturated carbocycles. The Bertz CT molecular complexity index is 903. The van der Waals surface area contributed by atoms with Crippen LogP contribution in [0.4, 0.5) is 11.4 Å². The molecule has 1 spiro atoms. The Labute approximate surface area is 168 Å². The van der Waals surface area contributed by atoms with Crippen LogP contribution in [0.15, 0.2) is 66.4 Å². The molecule has 1 amide bonds. The second-order valence-electron chi connectivity index (χ2n) is 7.08. The summed E-state index contributed by atoms with van der Waals surface area (Å²) in [6.07, 6.45) is 5.64. The molecule has 0 aromatic heterocycles. The van der Waals surface area contributed by atoms with Gasteiger partial charge >= 0.3 is 5.97 Å². The van der Waals surface area contributed by atoms with E-state index in [-0.39, 0.29) is 11.5 Å². The zero-order valence-corrected chi connectivity index (χ0v) is 16.1. The van der Waals surface area contributed by atoms with E-state index in [0.29, 0.717) is 17.9 Å². The Morgan fingerprint density at radius 3 is 2.32 bits per heavy atom. The predicted molar refractivity (Wildman–Crippen MR) is 109 cm³/mol. The topological polar surface area (TPSA) is 58.6 Å². The molecule has 0 bridgehead atoms. The number of anilines is 2. The molecule has 1 heterocycles. The fraction of sp³-hybridized carbons (Fsp3) is 0.273. The standard InChI is InChI=1S/C22H21ClN2O3/c23-16-9-11-17(12-10-16)24-15-19-20(26)25(18-7-3-1-4-8-18)22(28-21(19)27)13-5-2-6-14-22/h1,3-4,7-12,15,24H,2,5-6,13-14H2. The van der Waals surface area contributed by atoms with Gasteiger partial charge in [-0.25, -0.2) is 4.79 Å². The van der Waals surface area contributed by atoms with Gasteiger partial charge in [-0.3, -0.25) is 9.69 Å². The highest BCUT2D eigenvalue weighted by Crippen LogP contribution is 2.42. The first-order chi connectivity index (χ1) is 13.6. The van der Waals surface area contributed by atoms with E-state index in [1.807, 2.05) is 30.3 Å². The maximum atomic E-state index is 13.4. The summed E-state index contributed by atoms with van der Waals surface area (Å²) >= 11 is 5.90. The quantitative estimate of drug-likeness (QED) is 0.456. The van der Waals surface area contributed by atoms with Crippen LogP contribution in [0.3, 0.4) is 0 Å². The normalized spacial score (nSPS) is 20.3. The summed E-state index contributed by atoms with van der Waals surface area (Å²) in [6.45, 7) is 0. The summed E-state index contributed by atoms with van der Waals surface area (Å²) in [7, 11) is 0. The average molecular weight is 397 g/mol. The summed E-state index contributed by atoms with van der Waals surface area (Å²) in [5, 5.41) is 3.61. The molecule has 5 nitrogen and oxygen atoms in total. The number of nitrogens with one attached hydrogen (secondary N) is 1. The molecule has 2 aromatic carbocycles. The minimum absolute atomic E-state index is 0.0185. The number of carbonyl (C=O) groups is 2. The molecule has 28 heavy (non-hydrogen) atoms.